The standard InChI is InChI=1S/C10H8N6O2/c1-6-3-8(14-9(13-6)10(17)18-2)16-5-12-7(4-11)15-16/h3,5H,1-2H3. The van der Waals surface area contributed by atoms with E-state index in [1.807, 2.05) is 0 Å². The Morgan fingerprint density at radius 1 is 1.50 bits per heavy atom. The summed E-state index contributed by atoms with van der Waals surface area (Å²) in [7, 11) is 1.25. The lowest BCUT2D eigenvalue weighted by Gasteiger charge is -2.03. The Kier molecular flexibility index (Phi) is 2.97. The Bertz CT molecular complexity index is 642. The fourth-order valence-corrected chi connectivity index (χ4v) is 1.28. The number of aryl methyl sites for hydroxylation is 1. The summed E-state index contributed by atoms with van der Waals surface area (Å²) in [5.41, 5.74) is 0.578. The van der Waals surface area contributed by atoms with Crippen LogP contribution in [0.1, 0.15) is 22.1 Å². The fraction of sp³-hybridized carbons (Fsp3) is 0.200. The van der Waals surface area contributed by atoms with Gasteiger partial charge >= 0.3 is 5.97 Å². The zero-order valence-electron chi connectivity index (χ0n) is 9.65. The number of rotatable bonds is 2. The molecule has 0 aliphatic rings. The molecule has 0 amide bonds. The number of nitriles is 1. The van der Waals surface area contributed by atoms with Gasteiger partial charge in [-0.1, -0.05) is 0 Å². The number of hydrogen-bond acceptors (Lipinski definition) is 7. The smallest absolute Gasteiger partial charge is 0.376 e. The van der Waals surface area contributed by atoms with Crippen LogP contribution in [0.25, 0.3) is 5.82 Å². The first kappa shape index (κ1) is 11.7. The van der Waals surface area contributed by atoms with Gasteiger partial charge < -0.3 is 4.74 Å². The van der Waals surface area contributed by atoms with Gasteiger partial charge in [-0.2, -0.15) is 5.26 Å². The normalized spacial score (nSPS) is 9.83. The number of methoxy groups -OCH3 is 1. The minimum Gasteiger partial charge on any atom is -0.463 e. The molecule has 0 N–H and O–H groups in total. The van der Waals surface area contributed by atoms with Crippen LogP contribution in [0.3, 0.4) is 0 Å². The van der Waals surface area contributed by atoms with E-state index in [9.17, 15) is 4.79 Å². The van der Waals surface area contributed by atoms with Gasteiger partial charge in [-0.15, -0.1) is 5.10 Å². The van der Waals surface area contributed by atoms with Crippen LogP contribution in [0.2, 0.25) is 0 Å². The Morgan fingerprint density at radius 3 is 2.89 bits per heavy atom. The van der Waals surface area contributed by atoms with Crippen molar-refractivity contribution in [1.82, 2.24) is 24.7 Å². The first-order chi connectivity index (χ1) is 8.63. The molecule has 2 aromatic rings. The summed E-state index contributed by atoms with van der Waals surface area (Å²) in [4.78, 5) is 23.0. The lowest BCUT2D eigenvalue weighted by atomic mass is 10.4. The zero-order chi connectivity index (χ0) is 13.1. The molecule has 8 nitrogen and oxygen atoms in total. The maximum absolute atomic E-state index is 11.4. The molecule has 0 fully saturated rings. The van der Waals surface area contributed by atoms with Gasteiger partial charge in [-0.3, -0.25) is 0 Å². The van der Waals surface area contributed by atoms with E-state index in [0.717, 1.165) is 0 Å². The molecule has 0 aromatic carbocycles. The molecule has 90 valence electrons. The van der Waals surface area contributed by atoms with Gasteiger partial charge in [-0.05, 0) is 6.92 Å². The number of ether oxygens (including phenoxy) is 1. The molecule has 2 heterocycles. The van der Waals surface area contributed by atoms with Crippen molar-refractivity contribution in [3.05, 3.63) is 29.7 Å². The molecule has 0 bridgehead atoms. The SMILES string of the molecule is COC(=O)c1nc(C)cc(-n2cnc(C#N)n2)n1. The van der Waals surface area contributed by atoms with Crippen molar-refractivity contribution < 1.29 is 9.53 Å². The molecule has 0 aliphatic carbocycles. The number of hydrogen-bond donors (Lipinski definition) is 0. The van der Waals surface area contributed by atoms with Crippen LogP contribution in [0.15, 0.2) is 12.4 Å². The van der Waals surface area contributed by atoms with Crippen molar-refractivity contribution >= 4 is 5.97 Å². The third-order valence-electron chi connectivity index (χ3n) is 2.04. The second-order valence-electron chi connectivity index (χ2n) is 3.31. The number of nitrogens with zero attached hydrogens (tertiary/aromatic N) is 6. The lowest BCUT2D eigenvalue weighted by molar-refractivity contribution is 0.0586. The quantitative estimate of drug-likeness (QED) is 0.685. The Morgan fingerprint density at radius 2 is 2.28 bits per heavy atom. The van der Waals surface area contributed by atoms with Crippen LogP contribution in [0.4, 0.5) is 0 Å². The van der Waals surface area contributed by atoms with Gasteiger partial charge in [0.25, 0.3) is 5.82 Å². The molecule has 0 unspecified atom stereocenters. The second-order valence-corrected chi connectivity index (χ2v) is 3.31. The van der Waals surface area contributed by atoms with Gasteiger partial charge in [0.15, 0.2) is 5.82 Å². The highest BCUT2D eigenvalue weighted by Gasteiger charge is 2.13. The van der Waals surface area contributed by atoms with Crippen molar-refractivity contribution in [3.63, 3.8) is 0 Å². The third-order valence-corrected chi connectivity index (χ3v) is 2.04. The second kappa shape index (κ2) is 4.58. The predicted molar refractivity (Wildman–Crippen MR) is 57.7 cm³/mol. The van der Waals surface area contributed by atoms with Crippen molar-refractivity contribution in [3.8, 4) is 11.9 Å². The highest BCUT2D eigenvalue weighted by molar-refractivity contribution is 5.85. The van der Waals surface area contributed by atoms with Crippen molar-refractivity contribution in [1.29, 1.82) is 5.26 Å². The monoisotopic (exact) mass is 244 g/mol. The van der Waals surface area contributed by atoms with E-state index < -0.39 is 5.97 Å². The van der Waals surface area contributed by atoms with Crippen molar-refractivity contribution in [2.45, 2.75) is 6.92 Å². The summed E-state index contributed by atoms with van der Waals surface area (Å²) in [6, 6.07) is 3.42. The largest absolute Gasteiger partial charge is 0.463 e. The summed E-state index contributed by atoms with van der Waals surface area (Å²) in [6.07, 6.45) is 1.33. The molecule has 0 atom stereocenters. The molecular weight excluding hydrogens is 236 g/mol. The van der Waals surface area contributed by atoms with Crippen LogP contribution in [0, 0.1) is 18.3 Å². The average Bonchev–Trinajstić information content (AvgIpc) is 2.85. The maximum atomic E-state index is 11.4. The molecule has 0 saturated heterocycles. The van der Waals surface area contributed by atoms with Gasteiger partial charge in [0.05, 0.1) is 7.11 Å². The molecule has 0 saturated carbocycles. The molecule has 18 heavy (non-hydrogen) atoms. The fourth-order valence-electron chi connectivity index (χ4n) is 1.28. The van der Waals surface area contributed by atoms with Crippen molar-refractivity contribution in [2.75, 3.05) is 7.11 Å². The summed E-state index contributed by atoms with van der Waals surface area (Å²) < 4.78 is 5.84. The topological polar surface area (TPSA) is 107 Å². The molecule has 0 aliphatic heterocycles. The van der Waals surface area contributed by atoms with Crippen molar-refractivity contribution in [2.24, 2.45) is 0 Å². The zero-order valence-corrected chi connectivity index (χ0v) is 9.65. The number of esters is 1. The van der Waals surface area contributed by atoms with Crippen LogP contribution >= 0.6 is 0 Å². The van der Waals surface area contributed by atoms with E-state index in [0.29, 0.717) is 11.5 Å². The van der Waals surface area contributed by atoms with E-state index in [1.165, 1.54) is 18.1 Å². The minimum atomic E-state index is -0.638. The molecule has 2 rings (SSSR count). The summed E-state index contributed by atoms with van der Waals surface area (Å²) >= 11 is 0. The minimum absolute atomic E-state index is 0.0193. The summed E-state index contributed by atoms with van der Waals surface area (Å²) in [5.74, 6) is -0.343. The van der Waals surface area contributed by atoms with Gasteiger partial charge in [0, 0.05) is 11.8 Å². The molecule has 0 spiro atoms. The van der Waals surface area contributed by atoms with Crippen LogP contribution in [-0.2, 0) is 4.74 Å². The van der Waals surface area contributed by atoms with Crippen LogP contribution < -0.4 is 0 Å². The van der Waals surface area contributed by atoms with Gasteiger partial charge in [-0.25, -0.2) is 24.4 Å². The number of carbonyl (C=O) groups is 1. The Hall–Kier alpha value is -2.82. The summed E-state index contributed by atoms with van der Waals surface area (Å²) in [5, 5.41) is 12.5. The first-order valence-electron chi connectivity index (χ1n) is 4.90. The molecule has 0 radical (unpaired) electrons. The van der Waals surface area contributed by atoms with E-state index in [4.69, 9.17) is 5.26 Å². The van der Waals surface area contributed by atoms with E-state index in [2.05, 4.69) is 24.8 Å². The molecule has 2 aromatic heterocycles. The highest BCUT2D eigenvalue weighted by Crippen LogP contribution is 2.06. The van der Waals surface area contributed by atoms with Crippen LogP contribution in [0.5, 0.6) is 0 Å². The molecular formula is C10H8N6O2. The van der Waals surface area contributed by atoms with E-state index >= 15 is 0 Å². The first-order valence-corrected chi connectivity index (χ1v) is 4.90. The third kappa shape index (κ3) is 2.15. The molecule has 8 heteroatoms. The maximum Gasteiger partial charge on any atom is 0.376 e. The summed E-state index contributed by atoms with van der Waals surface area (Å²) in [6.45, 7) is 1.71. The average molecular weight is 244 g/mol. The highest BCUT2D eigenvalue weighted by atomic mass is 16.5. The lowest BCUT2D eigenvalue weighted by Crippen LogP contribution is -2.11. The number of carbonyl (C=O) groups excluding carboxylic acids is 1. The van der Waals surface area contributed by atoms with Gasteiger partial charge in [0.1, 0.15) is 12.4 Å². The van der Waals surface area contributed by atoms with E-state index in [1.54, 1.807) is 19.1 Å². The van der Waals surface area contributed by atoms with Crippen LogP contribution in [-0.4, -0.2) is 37.8 Å². The predicted octanol–water partition coefficient (Wildman–Crippen LogP) is 0.0240. The number of aromatic nitrogens is 5. The van der Waals surface area contributed by atoms with Gasteiger partial charge in [0.2, 0.25) is 5.82 Å². The Labute approximate surface area is 102 Å². The van der Waals surface area contributed by atoms with E-state index in [-0.39, 0.29) is 11.6 Å². The Balaban J connectivity index is 2.48.